The van der Waals surface area contributed by atoms with Gasteiger partial charge in [-0.1, -0.05) is 13.8 Å². The van der Waals surface area contributed by atoms with Gasteiger partial charge in [0, 0.05) is 38.8 Å². The van der Waals surface area contributed by atoms with Crippen molar-refractivity contribution in [3.05, 3.63) is 0 Å². The van der Waals surface area contributed by atoms with Crippen molar-refractivity contribution < 1.29 is 18.0 Å². The molecule has 118 valence electrons. The number of piperazine rings is 1. The molecule has 5 nitrogen and oxygen atoms in total. The fourth-order valence-electron chi connectivity index (χ4n) is 2.27. The standard InChI is InChI=1S/C12H23F3N4O/c1-9(2)17-10(11(16)20)7-18-3-5-19(6-4-18)8-12(13,14)15/h9-10,17H,3-8H2,1-2H3,(H2,16,20). The topological polar surface area (TPSA) is 61.6 Å². The summed E-state index contributed by atoms with van der Waals surface area (Å²) in [7, 11) is 0. The number of carbonyl (C=O) groups excluding carboxylic acids is 1. The second kappa shape index (κ2) is 7.24. The lowest BCUT2D eigenvalue weighted by Crippen LogP contribution is -2.56. The van der Waals surface area contributed by atoms with Gasteiger partial charge in [-0.3, -0.25) is 14.6 Å². The first-order valence-electron chi connectivity index (χ1n) is 6.74. The van der Waals surface area contributed by atoms with Crippen molar-refractivity contribution in [1.29, 1.82) is 0 Å². The maximum atomic E-state index is 12.3. The minimum Gasteiger partial charge on any atom is -0.368 e. The van der Waals surface area contributed by atoms with Crippen LogP contribution < -0.4 is 11.1 Å². The normalized spacial score (nSPS) is 20.3. The number of hydrogen-bond acceptors (Lipinski definition) is 4. The van der Waals surface area contributed by atoms with Crippen LogP contribution in [-0.4, -0.2) is 73.2 Å². The molecular formula is C12H23F3N4O. The third kappa shape index (κ3) is 6.53. The lowest BCUT2D eigenvalue weighted by Gasteiger charge is -2.36. The Balaban J connectivity index is 2.39. The fourth-order valence-corrected chi connectivity index (χ4v) is 2.27. The maximum Gasteiger partial charge on any atom is 0.401 e. The number of primary amides is 1. The zero-order valence-corrected chi connectivity index (χ0v) is 11.9. The first kappa shape index (κ1) is 17.2. The van der Waals surface area contributed by atoms with E-state index in [4.69, 9.17) is 5.73 Å². The number of nitrogens with one attached hydrogen (secondary N) is 1. The molecule has 1 rings (SSSR count). The van der Waals surface area contributed by atoms with Crippen LogP contribution in [0.3, 0.4) is 0 Å². The number of halogens is 3. The summed E-state index contributed by atoms with van der Waals surface area (Å²) in [6.07, 6.45) is -4.16. The molecule has 1 unspecified atom stereocenters. The van der Waals surface area contributed by atoms with Gasteiger partial charge in [-0.2, -0.15) is 13.2 Å². The highest BCUT2D eigenvalue weighted by atomic mass is 19.4. The van der Waals surface area contributed by atoms with Crippen molar-refractivity contribution in [3.8, 4) is 0 Å². The van der Waals surface area contributed by atoms with Crippen molar-refractivity contribution in [3.63, 3.8) is 0 Å². The van der Waals surface area contributed by atoms with Gasteiger partial charge in [0.1, 0.15) is 0 Å². The highest BCUT2D eigenvalue weighted by molar-refractivity contribution is 5.80. The molecule has 1 aliphatic rings. The number of nitrogens with zero attached hydrogens (tertiary/aromatic N) is 2. The van der Waals surface area contributed by atoms with E-state index in [1.54, 1.807) is 0 Å². The fraction of sp³-hybridized carbons (Fsp3) is 0.917. The summed E-state index contributed by atoms with van der Waals surface area (Å²) in [5, 5.41) is 3.07. The second-order valence-electron chi connectivity index (χ2n) is 5.47. The molecule has 0 aromatic rings. The molecule has 1 fully saturated rings. The Morgan fingerprint density at radius 1 is 1.20 bits per heavy atom. The van der Waals surface area contributed by atoms with Crippen LogP contribution in [0.1, 0.15) is 13.8 Å². The molecule has 1 amide bonds. The SMILES string of the molecule is CC(C)NC(CN1CCN(CC(F)(F)F)CC1)C(N)=O. The molecule has 0 saturated carbocycles. The molecule has 0 aromatic heterocycles. The van der Waals surface area contributed by atoms with Gasteiger partial charge in [0.15, 0.2) is 0 Å². The Kier molecular flexibility index (Phi) is 6.22. The first-order valence-corrected chi connectivity index (χ1v) is 6.74. The molecule has 1 saturated heterocycles. The third-order valence-corrected chi connectivity index (χ3v) is 3.19. The van der Waals surface area contributed by atoms with Crippen LogP contribution in [0.25, 0.3) is 0 Å². The summed E-state index contributed by atoms with van der Waals surface area (Å²) in [6, 6.07) is -0.344. The Morgan fingerprint density at radius 2 is 1.70 bits per heavy atom. The van der Waals surface area contributed by atoms with E-state index in [1.807, 2.05) is 18.7 Å². The third-order valence-electron chi connectivity index (χ3n) is 3.19. The number of amides is 1. The zero-order chi connectivity index (χ0) is 15.3. The van der Waals surface area contributed by atoms with Crippen LogP contribution >= 0.6 is 0 Å². The first-order chi connectivity index (χ1) is 9.17. The highest BCUT2D eigenvalue weighted by Gasteiger charge is 2.32. The summed E-state index contributed by atoms with van der Waals surface area (Å²) >= 11 is 0. The number of rotatable bonds is 6. The van der Waals surface area contributed by atoms with Crippen molar-refractivity contribution in [2.45, 2.75) is 32.1 Å². The van der Waals surface area contributed by atoms with E-state index in [9.17, 15) is 18.0 Å². The van der Waals surface area contributed by atoms with Crippen molar-refractivity contribution in [2.75, 3.05) is 39.3 Å². The molecule has 0 spiro atoms. The zero-order valence-electron chi connectivity index (χ0n) is 11.9. The van der Waals surface area contributed by atoms with E-state index in [-0.39, 0.29) is 6.04 Å². The monoisotopic (exact) mass is 296 g/mol. The summed E-state index contributed by atoms with van der Waals surface area (Å²) < 4.78 is 36.8. The Hall–Kier alpha value is -0.860. The second-order valence-corrected chi connectivity index (χ2v) is 5.47. The Bertz CT molecular complexity index is 314. The number of nitrogens with two attached hydrogens (primary N) is 1. The summed E-state index contributed by atoms with van der Waals surface area (Å²) in [5.41, 5.74) is 5.33. The van der Waals surface area contributed by atoms with Crippen LogP contribution in [0, 0.1) is 0 Å². The molecule has 20 heavy (non-hydrogen) atoms. The number of hydrogen-bond donors (Lipinski definition) is 2. The molecule has 1 aliphatic heterocycles. The average Bonchev–Trinajstić information content (AvgIpc) is 2.28. The van der Waals surface area contributed by atoms with Crippen LogP contribution in [-0.2, 0) is 4.79 Å². The summed E-state index contributed by atoms with van der Waals surface area (Å²) in [4.78, 5) is 14.7. The highest BCUT2D eigenvalue weighted by Crippen LogP contribution is 2.17. The Morgan fingerprint density at radius 3 is 2.10 bits per heavy atom. The predicted octanol–water partition coefficient (Wildman–Crippen LogP) is 0.0182. The molecule has 0 aromatic carbocycles. The van der Waals surface area contributed by atoms with Gasteiger partial charge >= 0.3 is 6.18 Å². The summed E-state index contributed by atoms with van der Waals surface area (Å²) in [6.45, 7) is 5.13. The predicted molar refractivity (Wildman–Crippen MR) is 70.2 cm³/mol. The molecule has 0 radical (unpaired) electrons. The maximum absolute atomic E-state index is 12.3. The lowest BCUT2D eigenvalue weighted by molar-refractivity contribution is -0.149. The quantitative estimate of drug-likeness (QED) is 0.725. The van der Waals surface area contributed by atoms with Gasteiger partial charge in [0.05, 0.1) is 12.6 Å². The average molecular weight is 296 g/mol. The van der Waals surface area contributed by atoms with Crippen molar-refractivity contribution >= 4 is 5.91 Å². The lowest BCUT2D eigenvalue weighted by atomic mass is 10.2. The van der Waals surface area contributed by atoms with Gasteiger partial charge in [-0.15, -0.1) is 0 Å². The van der Waals surface area contributed by atoms with Gasteiger partial charge in [0.25, 0.3) is 0 Å². The van der Waals surface area contributed by atoms with Crippen LogP contribution in [0.15, 0.2) is 0 Å². The minimum atomic E-state index is -4.16. The van der Waals surface area contributed by atoms with E-state index in [2.05, 4.69) is 5.32 Å². The van der Waals surface area contributed by atoms with E-state index in [1.165, 1.54) is 4.90 Å². The molecule has 1 heterocycles. The van der Waals surface area contributed by atoms with Gasteiger partial charge in [0.2, 0.25) is 5.91 Å². The van der Waals surface area contributed by atoms with E-state index in [0.717, 1.165) is 0 Å². The largest absolute Gasteiger partial charge is 0.401 e. The molecule has 8 heteroatoms. The van der Waals surface area contributed by atoms with Gasteiger partial charge < -0.3 is 11.1 Å². The molecule has 0 bridgehead atoms. The van der Waals surface area contributed by atoms with Crippen molar-refractivity contribution in [1.82, 2.24) is 15.1 Å². The van der Waals surface area contributed by atoms with E-state index < -0.39 is 24.7 Å². The molecular weight excluding hydrogens is 273 g/mol. The minimum absolute atomic E-state index is 0.124. The number of carbonyl (C=O) groups is 1. The Labute approximate surface area is 117 Å². The van der Waals surface area contributed by atoms with E-state index in [0.29, 0.717) is 32.7 Å². The van der Waals surface area contributed by atoms with Gasteiger partial charge in [-0.05, 0) is 0 Å². The van der Waals surface area contributed by atoms with Crippen LogP contribution in [0.4, 0.5) is 13.2 Å². The molecule has 1 atom stereocenters. The van der Waals surface area contributed by atoms with Crippen LogP contribution in [0.5, 0.6) is 0 Å². The van der Waals surface area contributed by atoms with Gasteiger partial charge in [-0.25, -0.2) is 0 Å². The molecule has 3 N–H and O–H groups in total. The van der Waals surface area contributed by atoms with Crippen LogP contribution in [0.2, 0.25) is 0 Å². The van der Waals surface area contributed by atoms with Crippen molar-refractivity contribution in [2.24, 2.45) is 5.73 Å². The van der Waals surface area contributed by atoms with E-state index >= 15 is 0 Å². The number of alkyl halides is 3. The summed E-state index contributed by atoms with van der Waals surface area (Å²) in [5.74, 6) is -0.434. The smallest absolute Gasteiger partial charge is 0.368 e. The molecule has 0 aliphatic carbocycles.